The zero-order chi connectivity index (χ0) is 20.9. The third-order valence-corrected chi connectivity index (χ3v) is 7.74. The van der Waals surface area contributed by atoms with Crippen molar-refractivity contribution in [2.45, 2.75) is 10.6 Å². The molecule has 8 heteroatoms. The Morgan fingerprint density at radius 3 is 2.07 bits per heavy atom. The summed E-state index contributed by atoms with van der Waals surface area (Å²) in [5.74, 6) is -0.0732. The van der Waals surface area contributed by atoms with Crippen molar-refractivity contribution in [3.8, 4) is 0 Å². The number of likely N-dealkylation sites (N-methyl/N-ethyl adjacent to an activating group) is 1. The summed E-state index contributed by atoms with van der Waals surface area (Å²) in [7, 11) is -5.20. The van der Waals surface area contributed by atoms with Crippen LogP contribution in [0.2, 0.25) is 0 Å². The van der Waals surface area contributed by atoms with E-state index in [0.29, 0.717) is 9.81 Å². The molecule has 2 aromatic carbocycles. The molecule has 0 aliphatic heterocycles. The highest BCUT2D eigenvalue weighted by atomic mass is 32.2. The predicted molar refractivity (Wildman–Crippen MR) is 117 cm³/mol. The molecule has 28 heavy (non-hydrogen) atoms. The average molecular weight is 438 g/mol. The number of hydrogen-bond acceptors (Lipinski definition) is 5. The molecular weight excluding hydrogens is 414 g/mol. The van der Waals surface area contributed by atoms with Gasteiger partial charge in [-0.3, -0.25) is 0 Å². The van der Waals surface area contributed by atoms with Crippen LogP contribution in [0.25, 0.3) is 4.91 Å². The molecule has 0 aliphatic carbocycles. The molecule has 0 saturated carbocycles. The largest absolute Gasteiger partial charge is 0.224 e. The third kappa shape index (κ3) is 6.34. The molecule has 150 valence electrons. The lowest BCUT2D eigenvalue weighted by Gasteiger charge is -2.19. The highest BCUT2D eigenvalue weighted by molar-refractivity contribution is 8.11. The maximum Gasteiger partial charge on any atom is 0.218 e. The molecule has 0 bridgehead atoms. The number of nitrogens with zero attached hydrogens (tertiary/aromatic N) is 1. The van der Waals surface area contributed by atoms with E-state index in [1.165, 1.54) is 35.2 Å². The van der Waals surface area contributed by atoms with Crippen LogP contribution in [0, 0.1) is 0 Å². The minimum atomic E-state index is -3.47. The molecule has 0 amide bonds. The fourth-order valence-corrected chi connectivity index (χ4v) is 5.15. The Hall–Kier alpha value is -1.87. The van der Waals surface area contributed by atoms with E-state index in [9.17, 15) is 16.8 Å². The lowest BCUT2D eigenvalue weighted by Crippen LogP contribution is -2.29. The number of rotatable bonds is 9. The van der Waals surface area contributed by atoms with Crippen LogP contribution in [0.15, 0.2) is 77.6 Å². The normalized spacial score (nSPS) is 12.1. The molecule has 5 nitrogen and oxygen atoms in total. The van der Waals surface area contributed by atoms with Gasteiger partial charge in [0.05, 0.1) is 10.6 Å². The van der Waals surface area contributed by atoms with Gasteiger partial charge in [0.15, 0.2) is 9.84 Å². The highest BCUT2D eigenvalue weighted by Gasteiger charge is 2.19. The summed E-state index contributed by atoms with van der Waals surface area (Å²) in [6.45, 7) is 8.07. The fraction of sp³-hybridized carbons (Fsp3) is 0.200. The predicted octanol–water partition coefficient (Wildman–Crippen LogP) is 3.77. The second kappa shape index (κ2) is 9.09. The van der Waals surface area contributed by atoms with Crippen LogP contribution in [-0.2, 0) is 25.6 Å². The molecule has 2 aromatic rings. The Morgan fingerprint density at radius 1 is 0.964 bits per heavy atom. The van der Waals surface area contributed by atoms with Crippen molar-refractivity contribution in [3.05, 3.63) is 83.8 Å². The van der Waals surface area contributed by atoms with Crippen LogP contribution >= 0.6 is 11.8 Å². The summed E-state index contributed by atoms with van der Waals surface area (Å²) in [6.07, 6.45) is 1.15. The van der Waals surface area contributed by atoms with Gasteiger partial charge in [-0.15, -0.1) is 0 Å². The average Bonchev–Trinajstić information content (AvgIpc) is 2.61. The van der Waals surface area contributed by atoms with E-state index < -0.39 is 19.9 Å². The Balaban J connectivity index is 1.98. The first kappa shape index (κ1) is 22.4. The van der Waals surface area contributed by atoms with Crippen LogP contribution in [0.5, 0.6) is 0 Å². The molecule has 0 heterocycles. The van der Waals surface area contributed by atoms with Crippen LogP contribution in [0.3, 0.4) is 0 Å². The van der Waals surface area contributed by atoms with Crippen LogP contribution in [0.4, 0.5) is 0 Å². The van der Waals surface area contributed by atoms with E-state index in [1.54, 1.807) is 36.4 Å². The number of hydrogen-bond donors (Lipinski definition) is 0. The van der Waals surface area contributed by atoms with Crippen molar-refractivity contribution in [3.63, 3.8) is 0 Å². The van der Waals surface area contributed by atoms with Gasteiger partial charge < -0.3 is 0 Å². The summed E-state index contributed by atoms with van der Waals surface area (Å²) in [4.78, 5) is 1.52. The van der Waals surface area contributed by atoms with E-state index in [-0.39, 0.29) is 17.2 Å². The van der Waals surface area contributed by atoms with Gasteiger partial charge in [0.1, 0.15) is 0 Å². The van der Waals surface area contributed by atoms with Gasteiger partial charge in [-0.2, -0.15) is 4.31 Å². The second-order valence-corrected chi connectivity index (χ2v) is 11.7. The van der Waals surface area contributed by atoms with Crippen molar-refractivity contribution in [2.24, 2.45) is 0 Å². The van der Waals surface area contributed by atoms with Gasteiger partial charge >= 0.3 is 0 Å². The lowest BCUT2D eigenvalue weighted by molar-refractivity contribution is 0.497. The van der Waals surface area contributed by atoms with Gasteiger partial charge in [-0.05, 0) is 28.2 Å². The van der Waals surface area contributed by atoms with Crippen molar-refractivity contribution >= 4 is 36.5 Å². The molecule has 0 aliphatic rings. The van der Waals surface area contributed by atoms with Gasteiger partial charge in [0.2, 0.25) is 10.0 Å². The number of sulfonamides is 1. The molecule has 0 fully saturated rings. The molecule has 0 radical (unpaired) electrons. The Morgan fingerprint density at radius 2 is 1.54 bits per heavy atom. The molecule has 2 rings (SSSR count). The minimum absolute atomic E-state index is 0.0732. The van der Waals surface area contributed by atoms with Crippen molar-refractivity contribution in [1.82, 2.24) is 4.31 Å². The molecule has 0 unspecified atom stereocenters. The molecular formula is C20H23NO4S3. The summed E-state index contributed by atoms with van der Waals surface area (Å²) in [5.41, 5.74) is 1.48. The lowest BCUT2D eigenvalue weighted by atomic mass is 10.2. The molecule has 0 spiro atoms. The third-order valence-electron chi connectivity index (χ3n) is 3.94. The van der Waals surface area contributed by atoms with E-state index in [1.807, 2.05) is 6.07 Å². The number of sulfone groups is 1. The van der Waals surface area contributed by atoms with Gasteiger partial charge in [-0.1, -0.05) is 67.4 Å². The first-order valence-corrected chi connectivity index (χ1v) is 12.6. The molecule has 0 saturated heterocycles. The second-order valence-electron chi connectivity index (χ2n) is 6.36. The van der Waals surface area contributed by atoms with Gasteiger partial charge in [-0.25, -0.2) is 16.8 Å². The Labute approximate surface area is 171 Å². The van der Waals surface area contributed by atoms with Crippen LogP contribution < -0.4 is 0 Å². The molecule has 0 atom stereocenters. The summed E-state index contributed by atoms with van der Waals surface area (Å²) in [6, 6.07) is 15.4. The Bertz CT molecular complexity index is 1060. The maximum atomic E-state index is 12.5. The van der Waals surface area contributed by atoms with Gasteiger partial charge in [0, 0.05) is 24.8 Å². The minimum Gasteiger partial charge on any atom is -0.224 e. The smallest absolute Gasteiger partial charge is 0.218 e. The maximum absolute atomic E-state index is 12.5. The SMILES string of the molecule is C=C(CN(C)S(=O)(=O)Cc1ccccc1)SC(=C)c1ccc(S(C)(=O)=O)cc1. The molecule has 0 aromatic heterocycles. The number of benzene rings is 2. The zero-order valence-corrected chi connectivity index (χ0v) is 18.3. The summed E-state index contributed by atoms with van der Waals surface area (Å²) in [5, 5.41) is 0. The summed E-state index contributed by atoms with van der Waals surface area (Å²) >= 11 is 1.27. The van der Waals surface area contributed by atoms with Crippen LogP contribution in [-0.4, -0.2) is 41.0 Å². The number of thioether (sulfide) groups is 1. The summed E-state index contributed by atoms with van der Waals surface area (Å²) < 4.78 is 49.4. The Kier molecular flexibility index (Phi) is 7.28. The monoisotopic (exact) mass is 437 g/mol. The highest BCUT2D eigenvalue weighted by Crippen LogP contribution is 2.32. The molecule has 0 N–H and O–H groups in total. The standard InChI is InChI=1S/C20H23NO4S3/c1-16(14-21(3)28(24,25)15-18-8-6-5-7-9-18)26-17(2)19-10-12-20(13-11-19)27(4,22)23/h5-13H,1-2,14-15H2,3-4H3. The van der Waals surface area contributed by atoms with Crippen molar-refractivity contribution in [1.29, 1.82) is 0 Å². The first-order chi connectivity index (χ1) is 13.0. The zero-order valence-electron chi connectivity index (χ0n) is 15.8. The van der Waals surface area contributed by atoms with Crippen molar-refractivity contribution in [2.75, 3.05) is 19.8 Å². The first-order valence-electron chi connectivity index (χ1n) is 8.32. The van der Waals surface area contributed by atoms with Gasteiger partial charge in [0.25, 0.3) is 0 Å². The quantitative estimate of drug-likeness (QED) is 0.597. The van der Waals surface area contributed by atoms with E-state index in [2.05, 4.69) is 13.2 Å². The van der Waals surface area contributed by atoms with Crippen molar-refractivity contribution < 1.29 is 16.8 Å². The topological polar surface area (TPSA) is 71.5 Å². The fourth-order valence-electron chi connectivity index (χ4n) is 2.40. The van der Waals surface area contributed by atoms with Crippen LogP contribution in [0.1, 0.15) is 11.1 Å². The van der Waals surface area contributed by atoms with E-state index >= 15 is 0 Å². The van der Waals surface area contributed by atoms with E-state index in [0.717, 1.165) is 17.4 Å². The van der Waals surface area contributed by atoms with E-state index in [4.69, 9.17) is 0 Å².